The minimum absolute atomic E-state index is 0.118. The lowest BCUT2D eigenvalue weighted by molar-refractivity contribution is -0.114. The van der Waals surface area contributed by atoms with E-state index in [4.69, 9.17) is 0 Å². The Labute approximate surface area is 85.9 Å². The highest BCUT2D eigenvalue weighted by Gasteiger charge is 2.00. The first-order valence-electron chi connectivity index (χ1n) is 4.30. The summed E-state index contributed by atoms with van der Waals surface area (Å²) in [5.74, 6) is -0.118. The molecule has 15 heavy (non-hydrogen) atoms. The van der Waals surface area contributed by atoms with Crippen LogP contribution in [0.3, 0.4) is 0 Å². The Morgan fingerprint density at radius 2 is 2.40 bits per heavy atom. The zero-order chi connectivity index (χ0) is 10.7. The van der Waals surface area contributed by atoms with E-state index in [9.17, 15) is 4.79 Å². The predicted octanol–water partition coefficient (Wildman–Crippen LogP) is 0.421. The van der Waals surface area contributed by atoms with E-state index in [1.165, 1.54) is 11.6 Å². The lowest BCUT2D eigenvalue weighted by Gasteiger charge is -2.03. The molecule has 0 atom stereocenters. The lowest BCUT2D eigenvalue weighted by atomic mass is 10.3. The molecule has 0 spiro atoms. The summed E-state index contributed by atoms with van der Waals surface area (Å²) in [6, 6.07) is 7.16. The first-order valence-corrected chi connectivity index (χ1v) is 4.30. The van der Waals surface area contributed by atoms with Gasteiger partial charge in [-0.3, -0.25) is 4.79 Å². The highest BCUT2D eigenvalue weighted by Crippen LogP contribution is 2.12. The van der Waals surface area contributed by atoms with E-state index >= 15 is 0 Å². The van der Waals surface area contributed by atoms with Crippen LogP contribution in [0.5, 0.6) is 0 Å². The molecule has 1 heterocycles. The minimum atomic E-state index is -0.118. The van der Waals surface area contributed by atoms with Gasteiger partial charge in [-0.15, -0.1) is 5.10 Å². The zero-order valence-corrected chi connectivity index (χ0v) is 8.01. The molecule has 1 amide bonds. The SMILES string of the molecule is CC(=O)Nc1cccc(-n2[c]nnn2)c1. The van der Waals surface area contributed by atoms with Crippen molar-refractivity contribution in [1.29, 1.82) is 0 Å². The van der Waals surface area contributed by atoms with Crippen molar-refractivity contribution in [2.75, 3.05) is 5.32 Å². The molecular formula is C9H8N5O. The molecule has 0 bridgehead atoms. The summed E-state index contributed by atoms with van der Waals surface area (Å²) in [7, 11) is 0. The fourth-order valence-electron chi connectivity index (χ4n) is 1.17. The van der Waals surface area contributed by atoms with E-state index in [-0.39, 0.29) is 5.91 Å². The van der Waals surface area contributed by atoms with Crippen molar-refractivity contribution in [3.8, 4) is 5.69 Å². The Morgan fingerprint density at radius 3 is 3.07 bits per heavy atom. The number of hydrogen-bond acceptors (Lipinski definition) is 4. The second-order valence-electron chi connectivity index (χ2n) is 2.92. The lowest BCUT2D eigenvalue weighted by Crippen LogP contribution is -2.06. The Hall–Kier alpha value is -2.24. The maximum absolute atomic E-state index is 10.8. The third-order valence-corrected chi connectivity index (χ3v) is 1.72. The average molecular weight is 202 g/mol. The zero-order valence-electron chi connectivity index (χ0n) is 8.01. The van der Waals surface area contributed by atoms with Gasteiger partial charge >= 0.3 is 0 Å². The number of hydrogen-bond donors (Lipinski definition) is 1. The molecule has 6 nitrogen and oxygen atoms in total. The molecule has 0 aliphatic heterocycles. The number of rotatable bonds is 2. The smallest absolute Gasteiger partial charge is 0.226 e. The van der Waals surface area contributed by atoms with Crippen LogP contribution < -0.4 is 5.32 Å². The number of nitrogens with one attached hydrogen (secondary N) is 1. The number of carbonyl (C=O) groups excluding carboxylic acids is 1. The largest absolute Gasteiger partial charge is 0.326 e. The molecule has 0 aliphatic rings. The quantitative estimate of drug-likeness (QED) is 0.766. The first kappa shape index (κ1) is 9.32. The molecule has 0 saturated carbocycles. The average Bonchev–Trinajstić information content (AvgIpc) is 2.69. The summed E-state index contributed by atoms with van der Waals surface area (Å²) in [4.78, 5) is 10.8. The van der Waals surface area contributed by atoms with Gasteiger partial charge in [0.25, 0.3) is 0 Å². The van der Waals surface area contributed by atoms with Gasteiger partial charge in [-0.1, -0.05) is 6.07 Å². The highest BCUT2D eigenvalue weighted by atomic mass is 16.1. The Kier molecular flexibility index (Phi) is 2.40. The van der Waals surface area contributed by atoms with Crippen LogP contribution in [0.4, 0.5) is 5.69 Å². The van der Waals surface area contributed by atoms with Crippen LogP contribution in [0.15, 0.2) is 24.3 Å². The fourth-order valence-corrected chi connectivity index (χ4v) is 1.17. The van der Waals surface area contributed by atoms with E-state index in [2.05, 4.69) is 27.2 Å². The molecule has 0 fully saturated rings. The molecule has 1 aromatic carbocycles. The van der Waals surface area contributed by atoms with Crippen molar-refractivity contribution in [2.24, 2.45) is 0 Å². The number of anilines is 1. The van der Waals surface area contributed by atoms with Gasteiger partial charge in [0.2, 0.25) is 12.2 Å². The second-order valence-corrected chi connectivity index (χ2v) is 2.92. The third kappa shape index (κ3) is 2.16. The molecule has 0 aliphatic carbocycles. The van der Waals surface area contributed by atoms with E-state index in [0.29, 0.717) is 5.69 Å². The second kappa shape index (κ2) is 3.87. The van der Waals surface area contributed by atoms with Crippen LogP contribution >= 0.6 is 0 Å². The van der Waals surface area contributed by atoms with Gasteiger partial charge in [-0.2, -0.15) is 4.68 Å². The van der Waals surface area contributed by atoms with Gasteiger partial charge in [-0.05, 0) is 28.6 Å². The predicted molar refractivity (Wildman–Crippen MR) is 52.3 cm³/mol. The van der Waals surface area contributed by atoms with Crippen LogP contribution in [-0.4, -0.2) is 26.1 Å². The van der Waals surface area contributed by atoms with Crippen molar-refractivity contribution in [3.05, 3.63) is 30.6 Å². The minimum Gasteiger partial charge on any atom is -0.326 e. The molecule has 6 heteroatoms. The summed E-state index contributed by atoms with van der Waals surface area (Å²) in [6.07, 6.45) is 2.57. The molecular weight excluding hydrogens is 194 g/mol. The van der Waals surface area contributed by atoms with E-state index in [1.54, 1.807) is 18.2 Å². The highest BCUT2D eigenvalue weighted by molar-refractivity contribution is 5.88. The van der Waals surface area contributed by atoms with E-state index < -0.39 is 0 Å². The van der Waals surface area contributed by atoms with Crippen molar-refractivity contribution in [2.45, 2.75) is 6.92 Å². The summed E-state index contributed by atoms with van der Waals surface area (Å²) < 4.78 is 1.39. The number of amides is 1. The fraction of sp³-hybridized carbons (Fsp3) is 0.111. The normalized spacial score (nSPS) is 9.93. The molecule has 0 unspecified atom stereocenters. The first-order chi connectivity index (χ1) is 7.25. The Balaban J connectivity index is 2.31. The summed E-state index contributed by atoms with van der Waals surface area (Å²) in [6.45, 7) is 1.45. The van der Waals surface area contributed by atoms with Crippen molar-refractivity contribution in [3.63, 3.8) is 0 Å². The van der Waals surface area contributed by atoms with Gasteiger partial charge in [-0.25, -0.2) is 0 Å². The van der Waals surface area contributed by atoms with Gasteiger partial charge in [0.15, 0.2) is 0 Å². The number of nitrogens with zero attached hydrogens (tertiary/aromatic N) is 4. The monoisotopic (exact) mass is 202 g/mol. The van der Waals surface area contributed by atoms with Crippen LogP contribution in [0.2, 0.25) is 0 Å². The summed E-state index contributed by atoms with van der Waals surface area (Å²) in [5.41, 5.74) is 1.44. The number of tetrazole rings is 1. The Morgan fingerprint density at radius 1 is 1.53 bits per heavy atom. The van der Waals surface area contributed by atoms with Crippen molar-refractivity contribution >= 4 is 11.6 Å². The standard InChI is InChI=1S/C9H8N5O/c1-7(15)11-8-3-2-4-9(5-8)14-6-10-12-13-14/h2-5H,1H3,(H,11,15). The summed E-state index contributed by atoms with van der Waals surface area (Å²) in [5, 5.41) is 13.3. The molecule has 1 N–H and O–H groups in total. The van der Waals surface area contributed by atoms with Crippen LogP contribution in [0.25, 0.3) is 5.69 Å². The van der Waals surface area contributed by atoms with Gasteiger partial charge in [0.05, 0.1) is 5.69 Å². The van der Waals surface area contributed by atoms with Crippen LogP contribution in [-0.2, 0) is 4.79 Å². The van der Waals surface area contributed by atoms with Gasteiger partial charge < -0.3 is 5.32 Å². The number of aromatic nitrogens is 4. The topological polar surface area (TPSA) is 72.7 Å². The maximum atomic E-state index is 10.8. The van der Waals surface area contributed by atoms with Gasteiger partial charge in [0, 0.05) is 12.6 Å². The molecule has 1 aromatic heterocycles. The van der Waals surface area contributed by atoms with E-state index in [1.807, 2.05) is 6.07 Å². The third-order valence-electron chi connectivity index (χ3n) is 1.72. The van der Waals surface area contributed by atoms with Crippen molar-refractivity contribution < 1.29 is 4.79 Å². The number of benzene rings is 1. The van der Waals surface area contributed by atoms with Crippen molar-refractivity contribution in [1.82, 2.24) is 20.2 Å². The Bertz CT molecular complexity index is 465. The molecule has 0 saturated heterocycles. The molecule has 75 valence electrons. The van der Waals surface area contributed by atoms with Crippen LogP contribution in [0, 0.1) is 6.33 Å². The molecule has 2 aromatic rings. The van der Waals surface area contributed by atoms with Gasteiger partial charge in [0.1, 0.15) is 0 Å². The van der Waals surface area contributed by atoms with E-state index in [0.717, 1.165) is 5.69 Å². The summed E-state index contributed by atoms with van der Waals surface area (Å²) >= 11 is 0. The van der Waals surface area contributed by atoms with Crippen LogP contribution in [0.1, 0.15) is 6.92 Å². The number of carbonyl (C=O) groups is 1. The molecule has 1 radical (unpaired) electrons. The molecule has 2 rings (SSSR count). The maximum Gasteiger partial charge on any atom is 0.226 e.